The van der Waals surface area contributed by atoms with Crippen molar-refractivity contribution in [3.05, 3.63) is 34.6 Å². The summed E-state index contributed by atoms with van der Waals surface area (Å²) in [5, 5.41) is 9.38. The topological polar surface area (TPSA) is 20.2 Å². The van der Waals surface area contributed by atoms with Gasteiger partial charge in [0.2, 0.25) is 0 Å². The maximum absolute atomic E-state index is 12.8. The van der Waals surface area contributed by atoms with Crippen LogP contribution in [0.2, 0.25) is 5.02 Å². The summed E-state index contributed by atoms with van der Waals surface area (Å²) in [5.74, 6) is -0.177. The first-order valence-electron chi connectivity index (χ1n) is 4.18. The molecule has 13 heavy (non-hydrogen) atoms. The molecule has 0 saturated heterocycles. The number of aliphatic hydroxyl groups is 1. The molecule has 1 aromatic rings. The Kier molecular flexibility index (Phi) is 3.70. The number of rotatable bonds is 3. The number of hydrogen-bond acceptors (Lipinski definition) is 1. The van der Waals surface area contributed by atoms with Crippen LogP contribution in [0.1, 0.15) is 12.5 Å². The van der Waals surface area contributed by atoms with Crippen molar-refractivity contribution in [2.24, 2.45) is 5.92 Å². The minimum absolute atomic E-state index is 0.0901. The van der Waals surface area contributed by atoms with Gasteiger partial charge in [-0.05, 0) is 36.1 Å². The Morgan fingerprint density at radius 1 is 1.54 bits per heavy atom. The molecular formula is C10H12ClFO. The normalized spacial score (nSPS) is 12.9. The molecule has 1 N–H and O–H groups in total. The third-order valence-corrected chi connectivity index (χ3v) is 2.26. The van der Waals surface area contributed by atoms with E-state index in [0.29, 0.717) is 11.4 Å². The molecule has 1 nitrogen and oxygen atoms in total. The van der Waals surface area contributed by atoms with E-state index in [-0.39, 0.29) is 18.3 Å². The molecular weight excluding hydrogens is 191 g/mol. The second-order valence-electron chi connectivity index (χ2n) is 3.23. The third-order valence-electron chi connectivity index (χ3n) is 1.89. The average molecular weight is 203 g/mol. The van der Waals surface area contributed by atoms with Crippen molar-refractivity contribution in [3.8, 4) is 0 Å². The second kappa shape index (κ2) is 4.58. The minimum atomic E-state index is -0.287. The standard InChI is InChI=1S/C10H12ClFO/c1-7(6-13)4-8-5-9(12)2-3-10(8)11/h2-3,5,7,13H,4,6H2,1H3. The highest BCUT2D eigenvalue weighted by atomic mass is 35.5. The van der Waals surface area contributed by atoms with Gasteiger partial charge in [-0.1, -0.05) is 18.5 Å². The molecule has 3 heteroatoms. The second-order valence-corrected chi connectivity index (χ2v) is 3.63. The molecule has 1 unspecified atom stereocenters. The Hall–Kier alpha value is -0.600. The zero-order chi connectivity index (χ0) is 9.84. The zero-order valence-electron chi connectivity index (χ0n) is 7.43. The van der Waals surface area contributed by atoms with Crippen molar-refractivity contribution in [1.82, 2.24) is 0 Å². The number of hydrogen-bond donors (Lipinski definition) is 1. The molecule has 72 valence electrons. The number of aliphatic hydroxyl groups excluding tert-OH is 1. The monoisotopic (exact) mass is 202 g/mol. The van der Waals surface area contributed by atoms with E-state index in [4.69, 9.17) is 16.7 Å². The lowest BCUT2D eigenvalue weighted by Gasteiger charge is -2.09. The Labute approximate surface area is 82.2 Å². The number of benzene rings is 1. The van der Waals surface area contributed by atoms with Crippen LogP contribution in [0.5, 0.6) is 0 Å². The van der Waals surface area contributed by atoms with Crippen molar-refractivity contribution in [3.63, 3.8) is 0 Å². The van der Waals surface area contributed by atoms with Crippen molar-refractivity contribution < 1.29 is 9.50 Å². The fourth-order valence-electron chi connectivity index (χ4n) is 1.14. The molecule has 0 aromatic heterocycles. The fraction of sp³-hybridized carbons (Fsp3) is 0.400. The smallest absolute Gasteiger partial charge is 0.123 e. The maximum Gasteiger partial charge on any atom is 0.123 e. The Balaban J connectivity index is 2.81. The number of halogens is 2. The first kappa shape index (κ1) is 10.5. The average Bonchev–Trinajstić information content (AvgIpc) is 2.11. The van der Waals surface area contributed by atoms with E-state index in [1.165, 1.54) is 18.2 Å². The lowest BCUT2D eigenvalue weighted by Crippen LogP contribution is -2.05. The van der Waals surface area contributed by atoms with E-state index in [9.17, 15) is 4.39 Å². The van der Waals surface area contributed by atoms with Gasteiger partial charge in [0.25, 0.3) is 0 Å². The van der Waals surface area contributed by atoms with Crippen LogP contribution in [0.15, 0.2) is 18.2 Å². The fourth-order valence-corrected chi connectivity index (χ4v) is 1.33. The van der Waals surface area contributed by atoms with Gasteiger partial charge in [0.15, 0.2) is 0 Å². The van der Waals surface area contributed by atoms with Crippen LogP contribution >= 0.6 is 11.6 Å². The van der Waals surface area contributed by atoms with Crippen molar-refractivity contribution in [1.29, 1.82) is 0 Å². The van der Waals surface area contributed by atoms with E-state index >= 15 is 0 Å². The predicted octanol–water partition coefficient (Wildman–Crippen LogP) is 2.65. The molecule has 0 spiro atoms. The summed E-state index contributed by atoms with van der Waals surface area (Å²) in [6.07, 6.45) is 0.604. The summed E-state index contributed by atoms with van der Waals surface area (Å²) in [4.78, 5) is 0. The van der Waals surface area contributed by atoms with Gasteiger partial charge < -0.3 is 5.11 Å². The van der Waals surface area contributed by atoms with Crippen LogP contribution in [0.3, 0.4) is 0 Å². The van der Waals surface area contributed by atoms with E-state index in [1.54, 1.807) is 0 Å². The molecule has 0 saturated carbocycles. The molecule has 0 aliphatic rings. The minimum Gasteiger partial charge on any atom is -0.396 e. The van der Waals surface area contributed by atoms with Gasteiger partial charge in [-0.25, -0.2) is 4.39 Å². The van der Waals surface area contributed by atoms with Crippen LogP contribution in [-0.4, -0.2) is 11.7 Å². The van der Waals surface area contributed by atoms with Crippen LogP contribution in [-0.2, 0) is 6.42 Å². The Morgan fingerprint density at radius 2 is 2.23 bits per heavy atom. The van der Waals surface area contributed by atoms with Crippen molar-refractivity contribution in [2.75, 3.05) is 6.61 Å². The molecule has 0 heterocycles. The first-order valence-corrected chi connectivity index (χ1v) is 4.56. The van der Waals surface area contributed by atoms with Gasteiger partial charge in [0.1, 0.15) is 5.82 Å². The van der Waals surface area contributed by atoms with Crippen LogP contribution in [0.25, 0.3) is 0 Å². The third kappa shape index (κ3) is 2.98. The molecule has 1 atom stereocenters. The quantitative estimate of drug-likeness (QED) is 0.799. The summed E-state index contributed by atoms with van der Waals surface area (Å²) in [6.45, 7) is 1.98. The first-order chi connectivity index (χ1) is 6.13. The molecule has 0 aliphatic heterocycles. The molecule has 0 fully saturated rings. The summed E-state index contributed by atoms with van der Waals surface area (Å²) < 4.78 is 12.8. The van der Waals surface area contributed by atoms with Gasteiger partial charge in [-0.3, -0.25) is 0 Å². The van der Waals surface area contributed by atoms with E-state index in [0.717, 1.165) is 5.56 Å². The Bertz CT molecular complexity index is 288. The van der Waals surface area contributed by atoms with Gasteiger partial charge in [0.05, 0.1) is 0 Å². The van der Waals surface area contributed by atoms with E-state index in [1.807, 2.05) is 6.92 Å². The molecule has 0 radical (unpaired) electrons. The largest absolute Gasteiger partial charge is 0.396 e. The zero-order valence-corrected chi connectivity index (χ0v) is 8.18. The SMILES string of the molecule is CC(CO)Cc1cc(F)ccc1Cl. The van der Waals surface area contributed by atoms with Gasteiger partial charge in [0, 0.05) is 11.6 Å². The molecule has 0 bridgehead atoms. The van der Waals surface area contributed by atoms with Crippen molar-refractivity contribution >= 4 is 11.6 Å². The Morgan fingerprint density at radius 3 is 2.85 bits per heavy atom. The highest BCUT2D eigenvalue weighted by Gasteiger charge is 2.06. The van der Waals surface area contributed by atoms with E-state index < -0.39 is 0 Å². The van der Waals surface area contributed by atoms with Gasteiger partial charge >= 0.3 is 0 Å². The highest BCUT2D eigenvalue weighted by molar-refractivity contribution is 6.31. The molecule has 0 amide bonds. The lowest BCUT2D eigenvalue weighted by molar-refractivity contribution is 0.237. The highest BCUT2D eigenvalue weighted by Crippen LogP contribution is 2.20. The summed E-state index contributed by atoms with van der Waals surface area (Å²) in [5.41, 5.74) is 0.753. The molecule has 1 rings (SSSR count). The van der Waals surface area contributed by atoms with Crippen LogP contribution in [0.4, 0.5) is 4.39 Å². The summed E-state index contributed by atoms with van der Waals surface area (Å²) in [7, 11) is 0. The summed E-state index contributed by atoms with van der Waals surface area (Å²) >= 11 is 5.85. The van der Waals surface area contributed by atoms with Crippen LogP contribution in [0, 0.1) is 11.7 Å². The maximum atomic E-state index is 12.8. The van der Waals surface area contributed by atoms with Gasteiger partial charge in [-0.15, -0.1) is 0 Å². The predicted molar refractivity (Wildman–Crippen MR) is 51.4 cm³/mol. The molecule has 0 aliphatic carbocycles. The van der Waals surface area contributed by atoms with Crippen LogP contribution < -0.4 is 0 Å². The lowest BCUT2D eigenvalue weighted by atomic mass is 10.0. The van der Waals surface area contributed by atoms with E-state index in [2.05, 4.69) is 0 Å². The van der Waals surface area contributed by atoms with Crippen molar-refractivity contribution in [2.45, 2.75) is 13.3 Å². The molecule has 1 aromatic carbocycles. The van der Waals surface area contributed by atoms with Gasteiger partial charge in [-0.2, -0.15) is 0 Å². The summed E-state index contributed by atoms with van der Waals surface area (Å²) in [6, 6.07) is 4.28.